The normalized spacial score (nSPS) is 19.0. The summed E-state index contributed by atoms with van der Waals surface area (Å²) in [6.45, 7) is 0. The van der Waals surface area contributed by atoms with Gasteiger partial charge < -0.3 is 9.90 Å². The van der Waals surface area contributed by atoms with Crippen LogP contribution in [0.4, 0.5) is 5.69 Å². The maximum Gasteiger partial charge on any atom is 0.247 e. The number of carbonyl (C=O) groups is 3. The first-order valence-electron chi connectivity index (χ1n) is 5.43. The number of hydrogen-bond donors (Lipinski definition) is 0. The van der Waals surface area contributed by atoms with Gasteiger partial charge in [-0.2, -0.15) is 0 Å². The third-order valence-corrected chi connectivity index (χ3v) is 3.98. The Kier molecular flexibility index (Phi) is 4.11. The second-order valence-electron chi connectivity index (χ2n) is 3.92. The van der Waals surface area contributed by atoms with Gasteiger partial charge >= 0.3 is 0 Å². The lowest BCUT2D eigenvalue weighted by atomic mass is 10.3. The minimum Gasteiger partial charge on any atom is -0.549 e. The number of thioether (sulfide) groups is 1. The maximum absolute atomic E-state index is 12.1. The highest BCUT2D eigenvalue weighted by Gasteiger charge is 2.39. The number of aliphatic carboxylic acids is 1. The van der Waals surface area contributed by atoms with Crippen LogP contribution >= 0.6 is 23.4 Å². The molecule has 1 saturated heterocycles. The Bertz CT molecular complexity index is 548. The van der Waals surface area contributed by atoms with E-state index in [0.717, 1.165) is 16.7 Å². The quantitative estimate of drug-likeness (QED) is 0.755. The molecule has 2 rings (SSSR count). The average Bonchev–Trinajstić information content (AvgIpc) is 2.62. The van der Waals surface area contributed by atoms with Gasteiger partial charge in [0.05, 0.1) is 16.9 Å². The summed E-state index contributed by atoms with van der Waals surface area (Å²) in [7, 11) is 0. The van der Waals surface area contributed by atoms with Crippen molar-refractivity contribution in [1.82, 2.24) is 0 Å². The van der Waals surface area contributed by atoms with E-state index in [1.54, 1.807) is 18.2 Å². The van der Waals surface area contributed by atoms with E-state index in [0.29, 0.717) is 10.7 Å². The van der Waals surface area contributed by atoms with Gasteiger partial charge in [0, 0.05) is 17.2 Å². The molecular weight excluding hydrogens is 290 g/mol. The summed E-state index contributed by atoms with van der Waals surface area (Å²) < 4.78 is 0. The molecule has 0 radical (unpaired) electrons. The average molecular weight is 299 g/mol. The van der Waals surface area contributed by atoms with Gasteiger partial charge in [0.25, 0.3) is 0 Å². The van der Waals surface area contributed by atoms with Gasteiger partial charge in [0.15, 0.2) is 0 Å². The first kappa shape index (κ1) is 13.9. The van der Waals surface area contributed by atoms with Crippen molar-refractivity contribution in [2.45, 2.75) is 11.7 Å². The fourth-order valence-corrected chi connectivity index (χ4v) is 2.82. The Morgan fingerprint density at radius 2 is 2.21 bits per heavy atom. The molecule has 0 spiro atoms. The van der Waals surface area contributed by atoms with Crippen LogP contribution in [-0.2, 0) is 14.4 Å². The summed E-state index contributed by atoms with van der Waals surface area (Å²) in [6.07, 6.45) is -0.0106. The molecule has 0 aliphatic carbocycles. The van der Waals surface area contributed by atoms with Gasteiger partial charge in [0.2, 0.25) is 11.8 Å². The number of benzene rings is 1. The molecule has 19 heavy (non-hydrogen) atoms. The zero-order valence-corrected chi connectivity index (χ0v) is 11.2. The van der Waals surface area contributed by atoms with E-state index in [-0.39, 0.29) is 18.1 Å². The third-order valence-electron chi connectivity index (χ3n) is 2.57. The van der Waals surface area contributed by atoms with Gasteiger partial charge in [0.1, 0.15) is 0 Å². The van der Waals surface area contributed by atoms with Gasteiger partial charge in [-0.15, -0.1) is 11.8 Å². The molecule has 0 unspecified atom stereocenters. The highest BCUT2D eigenvalue weighted by molar-refractivity contribution is 8.01. The monoisotopic (exact) mass is 298 g/mol. The van der Waals surface area contributed by atoms with Crippen LogP contribution in [0.2, 0.25) is 5.02 Å². The molecule has 1 heterocycles. The molecule has 100 valence electrons. The van der Waals surface area contributed by atoms with Gasteiger partial charge in [-0.05, 0) is 18.2 Å². The van der Waals surface area contributed by atoms with Crippen molar-refractivity contribution in [2.75, 3.05) is 10.7 Å². The van der Waals surface area contributed by atoms with E-state index >= 15 is 0 Å². The number of hydrogen-bond acceptors (Lipinski definition) is 5. The van der Waals surface area contributed by atoms with Crippen LogP contribution in [0.3, 0.4) is 0 Å². The predicted octanol–water partition coefficient (Wildman–Crippen LogP) is 0.455. The van der Waals surface area contributed by atoms with Crippen molar-refractivity contribution < 1.29 is 19.5 Å². The standard InChI is InChI=1S/C12H10ClNO4S/c13-7-2-1-3-8(4-7)14-10(15)5-9(12(14)18)19-6-11(16)17/h1-4,9H,5-6H2,(H,16,17)/p-1/t9-/m0/s1. The van der Waals surface area contributed by atoms with E-state index in [1.165, 1.54) is 6.07 Å². The number of carboxylic acids is 1. The minimum absolute atomic E-state index is 0.0106. The van der Waals surface area contributed by atoms with Crippen LogP contribution < -0.4 is 10.0 Å². The van der Waals surface area contributed by atoms with Crippen molar-refractivity contribution in [3.05, 3.63) is 29.3 Å². The van der Waals surface area contributed by atoms with Crippen molar-refractivity contribution in [1.29, 1.82) is 0 Å². The molecule has 1 aliphatic rings. The number of carbonyl (C=O) groups excluding carboxylic acids is 3. The Hall–Kier alpha value is -1.53. The van der Waals surface area contributed by atoms with Crippen LogP contribution in [-0.4, -0.2) is 28.8 Å². The number of carboxylic acid groups (broad SMARTS) is 1. The van der Waals surface area contributed by atoms with Gasteiger partial charge in [-0.3, -0.25) is 9.59 Å². The number of anilines is 1. The van der Waals surface area contributed by atoms with Crippen LogP contribution in [0.1, 0.15) is 6.42 Å². The molecule has 0 saturated carbocycles. The molecule has 7 heteroatoms. The van der Waals surface area contributed by atoms with Crippen molar-refractivity contribution in [2.24, 2.45) is 0 Å². The summed E-state index contributed by atoms with van der Waals surface area (Å²) in [5.41, 5.74) is 0.402. The number of amides is 2. The summed E-state index contributed by atoms with van der Waals surface area (Å²) in [6, 6.07) is 6.40. The van der Waals surface area contributed by atoms with E-state index in [9.17, 15) is 19.5 Å². The van der Waals surface area contributed by atoms with Crippen LogP contribution in [0.5, 0.6) is 0 Å². The summed E-state index contributed by atoms with van der Waals surface area (Å²) in [5, 5.41) is 10.1. The molecule has 1 aromatic rings. The van der Waals surface area contributed by atoms with Crippen LogP contribution in [0, 0.1) is 0 Å². The van der Waals surface area contributed by atoms with Crippen molar-refractivity contribution in [3.63, 3.8) is 0 Å². The predicted molar refractivity (Wildman–Crippen MR) is 69.8 cm³/mol. The van der Waals surface area contributed by atoms with E-state index in [1.807, 2.05) is 0 Å². The molecule has 0 bridgehead atoms. The number of halogens is 1. The van der Waals surface area contributed by atoms with Crippen LogP contribution in [0.15, 0.2) is 24.3 Å². The largest absolute Gasteiger partial charge is 0.549 e. The maximum atomic E-state index is 12.1. The van der Waals surface area contributed by atoms with E-state index in [4.69, 9.17) is 11.6 Å². The summed E-state index contributed by atoms with van der Waals surface area (Å²) >= 11 is 6.72. The second kappa shape index (κ2) is 5.63. The molecule has 2 amide bonds. The molecule has 5 nitrogen and oxygen atoms in total. The minimum atomic E-state index is -1.26. The smallest absolute Gasteiger partial charge is 0.247 e. The highest BCUT2D eigenvalue weighted by atomic mass is 35.5. The Morgan fingerprint density at radius 1 is 1.47 bits per heavy atom. The molecule has 0 aromatic heterocycles. The SMILES string of the molecule is O=C([O-])CS[C@H]1CC(=O)N(c2cccc(Cl)c2)C1=O. The topological polar surface area (TPSA) is 77.5 Å². The molecule has 1 aliphatic heterocycles. The number of rotatable bonds is 4. The third kappa shape index (κ3) is 3.08. The van der Waals surface area contributed by atoms with Crippen LogP contribution in [0.25, 0.3) is 0 Å². The lowest BCUT2D eigenvalue weighted by Gasteiger charge is -2.15. The molecule has 1 aromatic carbocycles. The molecule has 0 N–H and O–H groups in total. The van der Waals surface area contributed by atoms with Crippen molar-refractivity contribution in [3.8, 4) is 0 Å². The number of imide groups is 1. The zero-order chi connectivity index (χ0) is 14.0. The Balaban J connectivity index is 2.17. The molecule has 1 atom stereocenters. The lowest BCUT2D eigenvalue weighted by Crippen LogP contribution is -2.32. The first-order valence-corrected chi connectivity index (χ1v) is 6.85. The van der Waals surface area contributed by atoms with Gasteiger partial charge in [-0.25, -0.2) is 4.90 Å². The Labute approximate surface area is 118 Å². The molecular formula is C12H9ClNO4S-. The first-order chi connectivity index (χ1) is 8.99. The summed E-state index contributed by atoms with van der Waals surface area (Å²) in [4.78, 5) is 35.3. The van der Waals surface area contributed by atoms with Gasteiger partial charge in [-0.1, -0.05) is 17.7 Å². The number of nitrogens with zero attached hydrogens (tertiary/aromatic N) is 1. The van der Waals surface area contributed by atoms with Crippen molar-refractivity contribution >= 4 is 46.8 Å². The fourth-order valence-electron chi connectivity index (χ4n) is 1.79. The highest BCUT2D eigenvalue weighted by Crippen LogP contribution is 2.30. The zero-order valence-electron chi connectivity index (χ0n) is 9.67. The lowest BCUT2D eigenvalue weighted by molar-refractivity contribution is -0.301. The second-order valence-corrected chi connectivity index (χ2v) is 5.55. The summed E-state index contributed by atoms with van der Waals surface area (Å²) in [5.74, 6) is -2.35. The fraction of sp³-hybridized carbons (Fsp3) is 0.250. The van der Waals surface area contributed by atoms with E-state index in [2.05, 4.69) is 0 Å². The Morgan fingerprint density at radius 3 is 2.84 bits per heavy atom. The van der Waals surface area contributed by atoms with E-state index < -0.39 is 17.1 Å². The molecule has 1 fully saturated rings.